The van der Waals surface area contributed by atoms with E-state index in [0.29, 0.717) is 12.3 Å². The van der Waals surface area contributed by atoms with Gasteiger partial charge in [-0.25, -0.2) is 4.79 Å². The molecular formula is C22H27N3O3. The predicted molar refractivity (Wildman–Crippen MR) is 109 cm³/mol. The summed E-state index contributed by atoms with van der Waals surface area (Å²) >= 11 is 0. The van der Waals surface area contributed by atoms with Gasteiger partial charge in [-0.15, -0.1) is 0 Å². The van der Waals surface area contributed by atoms with Crippen molar-refractivity contribution in [1.29, 1.82) is 0 Å². The average molecular weight is 381 g/mol. The lowest BCUT2D eigenvalue weighted by molar-refractivity contribution is -0.115. The number of nitrogens with one attached hydrogen (secondary N) is 3. The number of urea groups is 1. The third-order valence-electron chi connectivity index (χ3n) is 4.74. The highest BCUT2D eigenvalue weighted by Crippen LogP contribution is 2.18. The van der Waals surface area contributed by atoms with Gasteiger partial charge < -0.3 is 20.7 Å². The molecule has 1 aliphatic rings. The topological polar surface area (TPSA) is 79.5 Å². The standard InChI is InChI=1S/C22H27N3O3/c26-21(15-23-22(27)25-18-9-5-2-6-10-18)24-19-11-13-20(14-12-19)28-16-17-7-3-1-4-8-17/h1,3-4,7-8,11-14,18H,2,5-6,9-10,15-16H2,(H,24,26)(H2,23,25,27). The molecule has 0 unspecified atom stereocenters. The van der Waals surface area contributed by atoms with E-state index in [1.165, 1.54) is 6.42 Å². The molecule has 28 heavy (non-hydrogen) atoms. The van der Waals surface area contributed by atoms with Crippen molar-refractivity contribution >= 4 is 17.6 Å². The highest BCUT2D eigenvalue weighted by atomic mass is 16.5. The number of ether oxygens (including phenoxy) is 1. The molecule has 1 saturated carbocycles. The monoisotopic (exact) mass is 381 g/mol. The number of hydrogen-bond donors (Lipinski definition) is 3. The van der Waals surface area contributed by atoms with Crippen LogP contribution >= 0.6 is 0 Å². The molecule has 6 nitrogen and oxygen atoms in total. The first-order chi connectivity index (χ1) is 13.7. The first-order valence-electron chi connectivity index (χ1n) is 9.80. The first kappa shape index (κ1) is 19.7. The van der Waals surface area contributed by atoms with Crippen molar-refractivity contribution in [2.75, 3.05) is 11.9 Å². The molecule has 0 bridgehead atoms. The van der Waals surface area contributed by atoms with Gasteiger partial charge in [0.05, 0.1) is 6.54 Å². The summed E-state index contributed by atoms with van der Waals surface area (Å²) in [5.74, 6) is 0.462. The Labute approximate surface area is 165 Å². The minimum absolute atomic E-state index is 0.0647. The Morgan fingerprint density at radius 1 is 0.929 bits per heavy atom. The molecule has 1 aliphatic carbocycles. The van der Waals surface area contributed by atoms with E-state index < -0.39 is 0 Å². The molecule has 1 fully saturated rings. The maximum absolute atomic E-state index is 12.0. The summed E-state index contributed by atoms with van der Waals surface area (Å²) in [5, 5.41) is 8.30. The molecular weight excluding hydrogens is 354 g/mol. The Morgan fingerprint density at radius 3 is 2.36 bits per heavy atom. The lowest BCUT2D eigenvalue weighted by Gasteiger charge is -2.22. The summed E-state index contributed by atoms with van der Waals surface area (Å²) in [6.07, 6.45) is 5.56. The second kappa shape index (κ2) is 10.3. The van der Waals surface area contributed by atoms with E-state index in [4.69, 9.17) is 4.74 Å². The number of carbonyl (C=O) groups is 2. The number of benzene rings is 2. The molecule has 0 saturated heterocycles. The quantitative estimate of drug-likeness (QED) is 0.682. The van der Waals surface area contributed by atoms with E-state index in [1.54, 1.807) is 12.1 Å². The molecule has 0 aromatic heterocycles. The summed E-state index contributed by atoms with van der Waals surface area (Å²) in [6.45, 7) is 0.428. The molecule has 0 heterocycles. The van der Waals surface area contributed by atoms with Gasteiger partial charge in [0.2, 0.25) is 5.91 Å². The number of carbonyl (C=O) groups excluding carboxylic acids is 2. The average Bonchev–Trinajstić information content (AvgIpc) is 2.73. The van der Waals surface area contributed by atoms with Crippen molar-refractivity contribution in [3.8, 4) is 5.75 Å². The lowest BCUT2D eigenvalue weighted by atomic mass is 9.96. The first-order valence-corrected chi connectivity index (χ1v) is 9.80. The van der Waals surface area contributed by atoms with Crippen molar-refractivity contribution in [2.24, 2.45) is 0 Å². The van der Waals surface area contributed by atoms with Crippen molar-refractivity contribution < 1.29 is 14.3 Å². The summed E-state index contributed by atoms with van der Waals surface area (Å²) in [7, 11) is 0. The molecule has 6 heteroatoms. The van der Waals surface area contributed by atoms with E-state index in [2.05, 4.69) is 16.0 Å². The van der Waals surface area contributed by atoms with Crippen LogP contribution in [0.5, 0.6) is 5.75 Å². The van der Waals surface area contributed by atoms with Crippen molar-refractivity contribution in [1.82, 2.24) is 10.6 Å². The van der Waals surface area contributed by atoms with Gasteiger partial charge in [-0.2, -0.15) is 0 Å². The zero-order valence-corrected chi connectivity index (χ0v) is 15.9. The third-order valence-corrected chi connectivity index (χ3v) is 4.74. The van der Waals surface area contributed by atoms with Gasteiger partial charge in [-0.3, -0.25) is 4.79 Å². The Morgan fingerprint density at radius 2 is 1.64 bits per heavy atom. The van der Waals surface area contributed by atoms with Crippen molar-refractivity contribution in [3.63, 3.8) is 0 Å². The molecule has 3 amide bonds. The van der Waals surface area contributed by atoms with Crippen LogP contribution in [0.15, 0.2) is 54.6 Å². The fourth-order valence-electron chi connectivity index (χ4n) is 3.22. The molecule has 0 spiro atoms. The van der Waals surface area contributed by atoms with Gasteiger partial charge in [0.25, 0.3) is 0 Å². The molecule has 3 N–H and O–H groups in total. The van der Waals surface area contributed by atoms with Gasteiger partial charge in [0.15, 0.2) is 0 Å². The highest BCUT2D eigenvalue weighted by Gasteiger charge is 2.15. The van der Waals surface area contributed by atoms with Gasteiger partial charge in [0, 0.05) is 11.7 Å². The maximum atomic E-state index is 12.0. The number of amides is 3. The Kier molecular flexibility index (Phi) is 7.29. The Bertz CT molecular complexity index is 756. The second-order valence-corrected chi connectivity index (χ2v) is 7.01. The number of rotatable bonds is 7. The third kappa shape index (κ3) is 6.61. The van der Waals surface area contributed by atoms with Gasteiger partial charge >= 0.3 is 6.03 Å². The normalized spacial score (nSPS) is 14.1. The Hall–Kier alpha value is -3.02. The van der Waals surface area contributed by atoms with E-state index in [0.717, 1.165) is 37.0 Å². The minimum Gasteiger partial charge on any atom is -0.489 e. The van der Waals surface area contributed by atoms with Gasteiger partial charge in [0.1, 0.15) is 12.4 Å². The maximum Gasteiger partial charge on any atom is 0.315 e. The molecule has 0 atom stereocenters. The van der Waals surface area contributed by atoms with E-state index in [1.807, 2.05) is 42.5 Å². The van der Waals surface area contributed by atoms with Crippen LogP contribution in [-0.4, -0.2) is 24.5 Å². The second-order valence-electron chi connectivity index (χ2n) is 7.01. The molecule has 0 radical (unpaired) electrons. The van der Waals surface area contributed by atoms with Crippen LogP contribution in [0.4, 0.5) is 10.5 Å². The zero-order valence-electron chi connectivity index (χ0n) is 15.9. The largest absolute Gasteiger partial charge is 0.489 e. The van der Waals surface area contributed by atoms with Crippen LogP contribution in [0.3, 0.4) is 0 Å². The molecule has 0 aliphatic heterocycles. The highest BCUT2D eigenvalue weighted by molar-refractivity contribution is 5.94. The lowest BCUT2D eigenvalue weighted by Crippen LogP contribution is -2.45. The number of hydrogen-bond acceptors (Lipinski definition) is 3. The van der Waals surface area contributed by atoms with Crippen LogP contribution in [0.25, 0.3) is 0 Å². The van der Waals surface area contributed by atoms with Crippen LogP contribution < -0.4 is 20.7 Å². The molecule has 148 valence electrons. The number of anilines is 1. The fraction of sp³-hybridized carbons (Fsp3) is 0.364. The van der Waals surface area contributed by atoms with Crippen LogP contribution in [-0.2, 0) is 11.4 Å². The van der Waals surface area contributed by atoms with Crippen molar-refractivity contribution in [2.45, 2.75) is 44.8 Å². The summed E-state index contributed by atoms with van der Waals surface area (Å²) < 4.78 is 5.73. The van der Waals surface area contributed by atoms with Crippen LogP contribution in [0.2, 0.25) is 0 Å². The van der Waals surface area contributed by atoms with Crippen molar-refractivity contribution in [3.05, 3.63) is 60.2 Å². The molecule has 2 aromatic rings. The van der Waals surface area contributed by atoms with Crippen LogP contribution in [0, 0.1) is 0 Å². The van der Waals surface area contributed by atoms with Gasteiger partial charge in [-0.1, -0.05) is 49.6 Å². The fourth-order valence-corrected chi connectivity index (χ4v) is 3.22. The Balaban J connectivity index is 1.37. The zero-order chi connectivity index (χ0) is 19.6. The minimum atomic E-state index is -0.285. The molecule has 2 aromatic carbocycles. The summed E-state index contributed by atoms with van der Waals surface area (Å²) in [5.41, 5.74) is 1.75. The summed E-state index contributed by atoms with van der Waals surface area (Å²) in [6, 6.07) is 17.0. The smallest absolute Gasteiger partial charge is 0.315 e. The van der Waals surface area contributed by atoms with Gasteiger partial charge in [-0.05, 0) is 42.7 Å². The van der Waals surface area contributed by atoms with Crippen LogP contribution in [0.1, 0.15) is 37.7 Å². The van der Waals surface area contributed by atoms with E-state index in [9.17, 15) is 9.59 Å². The summed E-state index contributed by atoms with van der Waals surface area (Å²) in [4.78, 5) is 23.9. The van der Waals surface area contributed by atoms with E-state index >= 15 is 0 Å². The SMILES string of the molecule is O=C(CNC(=O)NC1CCCCC1)Nc1ccc(OCc2ccccc2)cc1. The van der Waals surface area contributed by atoms with E-state index in [-0.39, 0.29) is 24.5 Å². The molecule has 3 rings (SSSR count). The predicted octanol–water partition coefficient (Wildman–Crippen LogP) is 3.84.